The van der Waals surface area contributed by atoms with Gasteiger partial charge in [0.1, 0.15) is 18.8 Å². The Morgan fingerprint density at radius 2 is 1.24 bits per heavy atom. The molecule has 1 N–H and O–H groups in total. The smallest absolute Gasteiger partial charge is 0.306 e. The Kier molecular flexibility index (Phi) is 12.5. The van der Waals surface area contributed by atoms with E-state index in [-0.39, 0.29) is 31.3 Å². The van der Waals surface area contributed by atoms with Gasteiger partial charge in [-0.15, -0.1) is 0 Å². The first-order valence-electron chi connectivity index (χ1n) is 15.8. The van der Waals surface area contributed by atoms with Gasteiger partial charge in [-0.25, -0.2) is 0 Å². The lowest BCUT2D eigenvalue weighted by molar-refractivity contribution is -0.311. The fourth-order valence-electron chi connectivity index (χ4n) is 5.60. The second-order valence-electron chi connectivity index (χ2n) is 11.5. The molecule has 2 aliphatic heterocycles. The van der Waals surface area contributed by atoms with Gasteiger partial charge in [-0.2, -0.15) is 0 Å². The van der Waals surface area contributed by atoms with Crippen LogP contribution in [-0.2, 0) is 53.1 Å². The Balaban J connectivity index is 1.27. The lowest BCUT2D eigenvalue weighted by Gasteiger charge is -2.45. The maximum absolute atomic E-state index is 12.7. The first kappa shape index (κ1) is 32.8. The van der Waals surface area contributed by atoms with Crippen LogP contribution < -0.4 is 5.32 Å². The number of nitrogens with one attached hydrogen (secondary N) is 1. The molecular weight excluding hydrogens is 572 g/mol. The van der Waals surface area contributed by atoms with Crippen LogP contribution in [0.4, 0.5) is 0 Å². The van der Waals surface area contributed by atoms with Crippen molar-refractivity contribution in [1.82, 2.24) is 10.2 Å². The predicted octanol–water partition coefficient (Wildman–Crippen LogP) is 4.49. The number of hydrogen-bond donors (Lipinski definition) is 1. The van der Waals surface area contributed by atoms with Crippen LogP contribution in [0.5, 0.6) is 0 Å². The number of benzene rings is 3. The molecule has 5 atom stereocenters. The first-order valence-corrected chi connectivity index (χ1v) is 15.8. The van der Waals surface area contributed by atoms with E-state index >= 15 is 0 Å². The van der Waals surface area contributed by atoms with E-state index < -0.39 is 30.6 Å². The van der Waals surface area contributed by atoms with Gasteiger partial charge in [0.25, 0.3) is 0 Å². The zero-order valence-corrected chi connectivity index (χ0v) is 25.9. The molecule has 1 unspecified atom stereocenters. The summed E-state index contributed by atoms with van der Waals surface area (Å²) >= 11 is 0. The fourth-order valence-corrected chi connectivity index (χ4v) is 5.60. The summed E-state index contributed by atoms with van der Waals surface area (Å²) < 4.78 is 31.6. The van der Waals surface area contributed by atoms with E-state index in [9.17, 15) is 9.59 Å². The molecular formula is C36H44N2O7. The monoisotopic (exact) mass is 616 g/mol. The van der Waals surface area contributed by atoms with Crippen molar-refractivity contribution in [3.05, 3.63) is 108 Å². The number of hydrogen-bond acceptors (Lipinski definition) is 8. The number of esters is 1. The summed E-state index contributed by atoms with van der Waals surface area (Å²) in [6, 6.07) is 29.8. The van der Waals surface area contributed by atoms with Gasteiger partial charge in [-0.05, 0) is 16.7 Å². The van der Waals surface area contributed by atoms with Crippen molar-refractivity contribution in [1.29, 1.82) is 0 Å². The second kappa shape index (κ2) is 17.2. The third kappa shape index (κ3) is 9.94. The minimum atomic E-state index is -0.774. The molecule has 240 valence electrons. The Morgan fingerprint density at radius 1 is 0.733 bits per heavy atom. The van der Waals surface area contributed by atoms with Crippen molar-refractivity contribution in [3.8, 4) is 0 Å². The number of rotatable bonds is 14. The lowest BCUT2D eigenvalue weighted by Crippen LogP contribution is -2.57. The molecule has 45 heavy (non-hydrogen) atoms. The SMILES string of the molecule is C[C@H]1[C@H](OCc2ccccc2)[C@@H](OCc2ccccc2)C(OCc2ccccc2)O[C@@H]1COC(=O)CCC(=O)N1CCNCC1. The van der Waals surface area contributed by atoms with Crippen LogP contribution in [0.15, 0.2) is 91.0 Å². The van der Waals surface area contributed by atoms with E-state index in [1.165, 1.54) is 0 Å². The quantitative estimate of drug-likeness (QED) is 0.265. The van der Waals surface area contributed by atoms with Gasteiger partial charge in [0.2, 0.25) is 5.91 Å². The van der Waals surface area contributed by atoms with E-state index in [1.807, 2.05) is 97.9 Å². The maximum atomic E-state index is 12.7. The molecule has 9 heteroatoms. The summed E-state index contributed by atoms with van der Waals surface area (Å²) in [7, 11) is 0. The first-order chi connectivity index (χ1) is 22.1. The van der Waals surface area contributed by atoms with Crippen LogP contribution in [0.2, 0.25) is 0 Å². The molecule has 3 aromatic rings. The van der Waals surface area contributed by atoms with E-state index in [0.29, 0.717) is 32.9 Å². The highest BCUT2D eigenvalue weighted by molar-refractivity contribution is 5.81. The molecule has 0 aliphatic carbocycles. The summed E-state index contributed by atoms with van der Waals surface area (Å²) in [6.45, 7) is 5.95. The van der Waals surface area contributed by atoms with E-state index in [2.05, 4.69) is 5.32 Å². The number of carbonyl (C=O) groups excluding carboxylic acids is 2. The predicted molar refractivity (Wildman–Crippen MR) is 169 cm³/mol. The summed E-state index contributed by atoms with van der Waals surface area (Å²) in [5, 5.41) is 3.23. The van der Waals surface area contributed by atoms with E-state index in [0.717, 1.165) is 29.8 Å². The molecule has 5 rings (SSSR count). The van der Waals surface area contributed by atoms with Gasteiger partial charge in [0, 0.05) is 38.5 Å². The molecule has 3 aromatic carbocycles. The Morgan fingerprint density at radius 3 is 1.80 bits per heavy atom. The van der Waals surface area contributed by atoms with Gasteiger partial charge in [-0.1, -0.05) is 97.9 Å². The van der Waals surface area contributed by atoms with Crippen LogP contribution >= 0.6 is 0 Å². The third-order valence-electron chi connectivity index (χ3n) is 8.25. The van der Waals surface area contributed by atoms with Crippen molar-refractivity contribution in [3.63, 3.8) is 0 Å². The van der Waals surface area contributed by atoms with Gasteiger partial charge >= 0.3 is 5.97 Å². The summed E-state index contributed by atoms with van der Waals surface area (Å²) in [5.41, 5.74) is 3.07. The lowest BCUT2D eigenvalue weighted by atomic mass is 9.90. The molecule has 0 spiro atoms. The highest BCUT2D eigenvalue weighted by atomic mass is 16.7. The molecule has 0 aromatic heterocycles. The Labute approximate surface area is 265 Å². The fraction of sp³-hybridized carbons (Fsp3) is 0.444. The number of carbonyl (C=O) groups is 2. The molecule has 2 saturated heterocycles. The van der Waals surface area contributed by atoms with Gasteiger partial charge < -0.3 is 33.9 Å². The van der Waals surface area contributed by atoms with Crippen LogP contribution in [0, 0.1) is 5.92 Å². The molecule has 0 saturated carbocycles. The number of nitrogens with zero attached hydrogens (tertiary/aromatic N) is 1. The van der Waals surface area contributed by atoms with Crippen LogP contribution in [-0.4, -0.2) is 74.2 Å². The van der Waals surface area contributed by atoms with Gasteiger partial charge in [0.15, 0.2) is 6.29 Å². The van der Waals surface area contributed by atoms with Crippen molar-refractivity contribution >= 4 is 11.9 Å². The average Bonchev–Trinajstić information content (AvgIpc) is 3.09. The largest absolute Gasteiger partial charge is 0.463 e. The second-order valence-corrected chi connectivity index (χ2v) is 11.5. The zero-order valence-electron chi connectivity index (χ0n) is 25.9. The van der Waals surface area contributed by atoms with Crippen molar-refractivity contribution in [2.75, 3.05) is 32.8 Å². The molecule has 2 aliphatic rings. The van der Waals surface area contributed by atoms with Crippen molar-refractivity contribution in [2.24, 2.45) is 5.92 Å². The van der Waals surface area contributed by atoms with Gasteiger partial charge in [0.05, 0.1) is 32.3 Å². The molecule has 1 amide bonds. The number of ether oxygens (including phenoxy) is 5. The molecule has 2 heterocycles. The zero-order chi connectivity index (χ0) is 31.3. The summed E-state index contributed by atoms with van der Waals surface area (Å²) in [5.74, 6) is -0.653. The molecule has 2 fully saturated rings. The minimum absolute atomic E-state index is 0.0175. The third-order valence-corrected chi connectivity index (χ3v) is 8.25. The van der Waals surface area contributed by atoms with E-state index in [4.69, 9.17) is 23.7 Å². The molecule has 0 radical (unpaired) electrons. The van der Waals surface area contributed by atoms with Crippen LogP contribution in [0.3, 0.4) is 0 Å². The summed E-state index contributed by atoms with van der Waals surface area (Å²) in [4.78, 5) is 27.1. The summed E-state index contributed by atoms with van der Waals surface area (Å²) in [6.07, 6.45) is -2.09. The van der Waals surface area contributed by atoms with Crippen LogP contribution in [0.1, 0.15) is 36.5 Å². The van der Waals surface area contributed by atoms with E-state index in [1.54, 1.807) is 4.90 Å². The maximum Gasteiger partial charge on any atom is 0.306 e. The van der Waals surface area contributed by atoms with Crippen LogP contribution in [0.25, 0.3) is 0 Å². The Hall–Kier alpha value is -3.60. The average molecular weight is 617 g/mol. The topological polar surface area (TPSA) is 95.6 Å². The highest BCUT2D eigenvalue weighted by Crippen LogP contribution is 2.33. The Bertz CT molecular complexity index is 1300. The van der Waals surface area contributed by atoms with Gasteiger partial charge in [-0.3, -0.25) is 9.59 Å². The number of piperazine rings is 1. The molecule has 0 bridgehead atoms. The highest BCUT2D eigenvalue weighted by Gasteiger charge is 2.46. The normalized spacial score (nSPS) is 23.4. The van der Waals surface area contributed by atoms with Crippen molar-refractivity contribution in [2.45, 2.75) is 64.2 Å². The minimum Gasteiger partial charge on any atom is -0.463 e. The number of amides is 1. The molecule has 9 nitrogen and oxygen atoms in total. The van der Waals surface area contributed by atoms with Crippen molar-refractivity contribution < 1.29 is 33.3 Å². The standard InChI is InChI=1S/C36H44N2O7/c1-27-31(26-41-33(40)18-17-32(39)38-21-19-37-20-22-38)45-36(44-25-30-15-9-4-10-16-30)35(43-24-29-13-7-3-8-14-29)34(27)42-23-28-11-5-2-6-12-28/h2-16,27,31,34-37H,17-26H2,1H3/t27-,31-,34+,35-,36?/m1/s1.